The number of nitrogens with two attached hydrogens (primary N) is 1. The van der Waals surface area contributed by atoms with Crippen LogP contribution in [0.5, 0.6) is 0 Å². The highest BCUT2D eigenvalue weighted by Gasteiger charge is 2.12. The van der Waals surface area contributed by atoms with Gasteiger partial charge < -0.3 is 10.5 Å². The molecule has 0 heterocycles. The third kappa shape index (κ3) is 3.37. The van der Waals surface area contributed by atoms with Crippen molar-refractivity contribution in [3.63, 3.8) is 0 Å². The van der Waals surface area contributed by atoms with E-state index in [1.165, 1.54) is 18.2 Å². The summed E-state index contributed by atoms with van der Waals surface area (Å²) in [5.74, 6) is -1.02. The number of halogens is 1. The number of carbonyl (C=O) groups is 1. The molecule has 0 saturated carbocycles. The molecule has 0 bridgehead atoms. The summed E-state index contributed by atoms with van der Waals surface area (Å²) in [5, 5.41) is 8.94. The normalized spacial score (nSPS) is 9.95. The zero-order valence-electron chi connectivity index (χ0n) is 11.4. The second-order valence-corrected chi connectivity index (χ2v) is 4.56. The van der Waals surface area contributed by atoms with Gasteiger partial charge in [0.2, 0.25) is 0 Å². The maximum Gasteiger partial charge on any atom is 0.338 e. The van der Waals surface area contributed by atoms with Crippen LogP contribution in [-0.4, -0.2) is 5.97 Å². The third-order valence-corrected chi connectivity index (χ3v) is 3.02. The molecule has 0 fully saturated rings. The zero-order chi connectivity index (χ0) is 15.4. The van der Waals surface area contributed by atoms with Crippen molar-refractivity contribution in [1.82, 2.24) is 0 Å². The van der Waals surface area contributed by atoms with E-state index in [0.29, 0.717) is 22.4 Å². The van der Waals surface area contributed by atoms with E-state index in [2.05, 4.69) is 0 Å². The minimum Gasteiger partial charge on any atom is -0.457 e. The van der Waals surface area contributed by atoms with Crippen molar-refractivity contribution < 1.29 is 13.9 Å². The molecule has 2 rings (SSSR count). The lowest BCUT2D eigenvalue weighted by atomic mass is 10.1. The number of esters is 1. The van der Waals surface area contributed by atoms with Gasteiger partial charge in [-0.15, -0.1) is 0 Å². The number of ether oxygens (including phenoxy) is 1. The van der Waals surface area contributed by atoms with Crippen molar-refractivity contribution >= 4 is 11.7 Å². The van der Waals surface area contributed by atoms with Gasteiger partial charge in [-0.3, -0.25) is 0 Å². The van der Waals surface area contributed by atoms with E-state index >= 15 is 0 Å². The Kier molecular flexibility index (Phi) is 4.19. The number of hydrogen-bond donors (Lipinski definition) is 1. The van der Waals surface area contributed by atoms with Crippen molar-refractivity contribution in [2.45, 2.75) is 13.5 Å². The highest BCUT2D eigenvalue weighted by molar-refractivity contribution is 5.91. The average Bonchev–Trinajstić information content (AvgIpc) is 2.45. The summed E-state index contributed by atoms with van der Waals surface area (Å²) in [4.78, 5) is 12.0. The monoisotopic (exact) mass is 284 g/mol. The Labute approximate surface area is 121 Å². The SMILES string of the molecule is Cc1cc(N)ccc1C(=O)OCc1cc(F)ccc1C#N. The first kappa shape index (κ1) is 14.5. The molecule has 2 aromatic carbocycles. The van der Waals surface area contributed by atoms with Crippen molar-refractivity contribution in [2.75, 3.05) is 5.73 Å². The average molecular weight is 284 g/mol. The summed E-state index contributed by atoms with van der Waals surface area (Å²) < 4.78 is 18.3. The van der Waals surface area contributed by atoms with Gasteiger partial charge in [0.05, 0.1) is 17.2 Å². The molecule has 2 N–H and O–H groups in total. The number of carbonyl (C=O) groups excluding carboxylic acids is 1. The first-order valence-electron chi connectivity index (χ1n) is 6.23. The van der Waals surface area contributed by atoms with Crippen LogP contribution >= 0.6 is 0 Å². The Balaban J connectivity index is 2.15. The number of nitrogen functional groups attached to an aromatic ring is 1. The second-order valence-electron chi connectivity index (χ2n) is 4.56. The van der Waals surface area contributed by atoms with Crippen LogP contribution in [-0.2, 0) is 11.3 Å². The highest BCUT2D eigenvalue weighted by atomic mass is 19.1. The zero-order valence-corrected chi connectivity index (χ0v) is 11.4. The van der Waals surface area contributed by atoms with Gasteiger partial charge in [0.1, 0.15) is 12.4 Å². The van der Waals surface area contributed by atoms with E-state index in [-0.39, 0.29) is 12.2 Å². The highest BCUT2D eigenvalue weighted by Crippen LogP contribution is 2.16. The van der Waals surface area contributed by atoms with E-state index in [9.17, 15) is 9.18 Å². The Hall–Kier alpha value is -2.87. The minimum absolute atomic E-state index is 0.163. The van der Waals surface area contributed by atoms with Crippen LogP contribution in [0.2, 0.25) is 0 Å². The van der Waals surface area contributed by atoms with Gasteiger partial charge in [-0.2, -0.15) is 5.26 Å². The topological polar surface area (TPSA) is 76.1 Å². The summed E-state index contributed by atoms with van der Waals surface area (Å²) in [6.07, 6.45) is 0. The largest absolute Gasteiger partial charge is 0.457 e. The van der Waals surface area contributed by atoms with E-state index in [1.807, 2.05) is 6.07 Å². The molecule has 0 aliphatic heterocycles. The fourth-order valence-electron chi connectivity index (χ4n) is 1.93. The number of anilines is 1. The molecular formula is C16H13FN2O2. The van der Waals surface area contributed by atoms with Crippen LogP contribution in [0.1, 0.15) is 27.0 Å². The Morgan fingerprint density at radius 3 is 2.76 bits per heavy atom. The van der Waals surface area contributed by atoms with Gasteiger partial charge in [0.25, 0.3) is 0 Å². The van der Waals surface area contributed by atoms with Gasteiger partial charge in [-0.1, -0.05) is 0 Å². The molecule has 0 unspecified atom stereocenters. The molecule has 0 saturated heterocycles. The van der Waals surface area contributed by atoms with Gasteiger partial charge in [-0.25, -0.2) is 9.18 Å². The number of benzene rings is 2. The van der Waals surface area contributed by atoms with E-state index in [4.69, 9.17) is 15.7 Å². The lowest BCUT2D eigenvalue weighted by molar-refractivity contribution is 0.0471. The Morgan fingerprint density at radius 1 is 1.33 bits per heavy atom. The summed E-state index contributed by atoms with van der Waals surface area (Å²) in [6.45, 7) is 1.58. The summed E-state index contributed by atoms with van der Waals surface area (Å²) >= 11 is 0. The number of nitrogens with zero attached hydrogens (tertiary/aromatic N) is 1. The van der Waals surface area contributed by atoms with Gasteiger partial charge in [-0.05, 0) is 48.9 Å². The third-order valence-electron chi connectivity index (χ3n) is 3.02. The molecule has 0 amide bonds. The molecule has 0 radical (unpaired) electrons. The van der Waals surface area contributed by atoms with E-state index in [0.717, 1.165) is 0 Å². The minimum atomic E-state index is -0.541. The molecule has 0 aliphatic rings. The standard InChI is InChI=1S/C16H13FN2O2/c1-10-6-14(19)4-5-15(10)16(20)21-9-12-7-13(17)3-2-11(12)8-18/h2-7H,9,19H2,1H3. The number of nitriles is 1. The Morgan fingerprint density at radius 2 is 2.10 bits per heavy atom. The predicted molar refractivity (Wildman–Crippen MR) is 75.8 cm³/mol. The van der Waals surface area contributed by atoms with Crippen molar-refractivity contribution in [1.29, 1.82) is 5.26 Å². The van der Waals surface area contributed by atoms with Crippen LogP contribution in [0.4, 0.5) is 10.1 Å². The molecule has 5 heteroatoms. The van der Waals surface area contributed by atoms with Crippen LogP contribution in [0.15, 0.2) is 36.4 Å². The quantitative estimate of drug-likeness (QED) is 0.694. The van der Waals surface area contributed by atoms with Crippen molar-refractivity contribution in [3.05, 3.63) is 64.5 Å². The fraction of sp³-hybridized carbons (Fsp3) is 0.125. The van der Waals surface area contributed by atoms with Crippen LogP contribution in [0, 0.1) is 24.1 Å². The van der Waals surface area contributed by atoms with Crippen molar-refractivity contribution in [3.8, 4) is 6.07 Å². The smallest absolute Gasteiger partial charge is 0.338 e. The maximum atomic E-state index is 13.2. The molecule has 21 heavy (non-hydrogen) atoms. The Bertz CT molecular complexity index is 736. The molecule has 4 nitrogen and oxygen atoms in total. The van der Waals surface area contributed by atoms with Crippen LogP contribution in [0.3, 0.4) is 0 Å². The molecule has 106 valence electrons. The predicted octanol–water partition coefficient (Wildman–Crippen LogP) is 2.95. The molecule has 2 aromatic rings. The lowest BCUT2D eigenvalue weighted by Crippen LogP contribution is -2.08. The first-order chi connectivity index (χ1) is 10.0. The molecule has 0 atom stereocenters. The number of hydrogen-bond acceptors (Lipinski definition) is 4. The maximum absolute atomic E-state index is 13.2. The fourth-order valence-corrected chi connectivity index (χ4v) is 1.93. The molecule has 0 aromatic heterocycles. The summed E-state index contributed by atoms with van der Waals surface area (Å²) in [5.41, 5.74) is 7.86. The van der Waals surface area contributed by atoms with Crippen LogP contribution in [0.25, 0.3) is 0 Å². The van der Waals surface area contributed by atoms with E-state index < -0.39 is 11.8 Å². The first-order valence-corrected chi connectivity index (χ1v) is 6.23. The molecule has 0 aliphatic carbocycles. The van der Waals surface area contributed by atoms with Gasteiger partial charge >= 0.3 is 5.97 Å². The molecule has 0 spiro atoms. The van der Waals surface area contributed by atoms with Crippen molar-refractivity contribution in [2.24, 2.45) is 0 Å². The second kappa shape index (κ2) is 6.06. The number of rotatable bonds is 3. The van der Waals surface area contributed by atoms with Crippen LogP contribution < -0.4 is 5.73 Å². The van der Waals surface area contributed by atoms with Gasteiger partial charge in [0.15, 0.2) is 0 Å². The molecular weight excluding hydrogens is 271 g/mol. The van der Waals surface area contributed by atoms with E-state index in [1.54, 1.807) is 25.1 Å². The lowest BCUT2D eigenvalue weighted by Gasteiger charge is -2.09. The van der Waals surface area contributed by atoms with Gasteiger partial charge in [0, 0.05) is 11.3 Å². The summed E-state index contributed by atoms with van der Waals surface area (Å²) in [7, 11) is 0. The summed E-state index contributed by atoms with van der Waals surface area (Å²) in [6, 6.07) is 10.5. The number of aryl methyl sites for hydroxylation is 1.